The predicted molar refractivity (Wildman–Crippen MR) is 108 cm³/mol. The van der Waals surface area contributed by atoms with E-state index in [2.05, 4.69) is 11.1 Å². The summed E-state index contributed by atoms with van der Waals surface area (Å²) >= 11 is 0. The predicted octanol–water partition coefficient (Wildman–Crippen LogP) is 4.63. The maximum atomic E-state index is 12.5. The van der Waals surface area contributed by atoms with Crippen molar-refractivity contribution in [1.82, 2.24) is 4.98 Å². The van der Waals surface area contributed by atoms with Crippen LogP contribution in [0.5, 0.6) is 0 Å². The van der Waals surface area contributed by atoms with Crippen LogP contribution < -0.4 is 5.14 Å². The number of nitrogens with zero attached hydrogens (tertiary/aromatic N) is 1. The van der Waals surface area contributed by atoms with Crippen molar-refractivity contribution in [3.63, 3.8) is 0 Å². The Labute approximate surface area is 165 Å². The zero-order valence-electron chi connectivity index (χ0n) is 15.7. The topological polar surface area (TPSA) is 86.2 Å². The average Bonchev–Trinajstić information content (AvgIpc) is 3.23. The first-order chi connectivity index (χ1) is 13.5. The third-order valence-corrected chi connectivity index (χ3v) is 6.52. The van der Waals surface area contributed by atoms with Gasteiger partial charge in [-0.2, -0.15) is 0 Å². The van der Waals surface area contributed by atoms with Crippen molar-refractivity contribution >= 4 is 10.0 Å². The lowest BCUT2D eigenvalue weighted by molar-refractivity contribution is 0.443. The summed E-state index contributed by atoms with van der Waals surface area (Å²) < 4.78 is 30.3. The number of benzene rings is 2. The normalized spacial score (nSPS) is 15.6. The molecule has 0 saturated heterocycles. The Balaban J connectivity index is 1.91. The van der Waals surface area contributed by atoms with E-state index in [0.717, 1.165) is 29.5 Å². The zero-order chi connectivity index (χ0) is 19.6. The molecular weight excluding hydrogens is 372 g/mol. The molecule has 1 heterocycles. The second-order valence-corrected chi connectivity index (χ2v) is 8.99. The van der Waals surface area contributed by atoms with Gasteiger partial charge in [0, 0.05) is 5.56 Å². The van der Waals surface area contributed by atoms with Gasteiger partial charge < -0.3 is 4.42 Å². The van der Waals surface area contributed by atoms with Crippen LogP contribution in [-0.4, -0.2) is 13.4 Å². The number of oxazole rings is 1. The van der Waals surface area contributed by atoms with Crippen LogP contribution in [0.2, 0.25) is 0 Å². The molecule has 4 rings (SSSR count). The zero-order valence-corrected chi connectivity index (χ0v) is 16.5. The lowest BCUT2D eigenvalue weighted by Crippen LogP contribution is -2.17. The molecule has 28 heavy (non-hydrogen) atoms. The molecule has 1 aliphatic rings. The molecule has 2 N–H and O–H groups in total. The minimum atomic E-state index is -3.89. The molecule has 0 spiro atoms. The lowest BCUT2D eigenvalue weighted by atomic mass is 9.82. The van der Waals surface area contributed by atoms with Gasteiger partial charge in [0.05, 0.1) is 4.90 Å². The van der Waals surface area contributed by atoms with Gasteiger partial charge in [-0.25, -0.2) is 18.5 Å². The van der Waals surface area contributed by atoms with Gasteiger partial charge in [0.1, 0.15) is 12.0 Å². The number of nitrogens with two attached hydrogens (primary N) is 1. The van der Waals surface area contributed by atoms with Crippen molar-refractivity contribution in [2.75, 3.05) is 0 Å². The van der Waals surface area contributed by atoms with Crippen LogP contribution in [0.25, 0.3) is 11.3 Å². The molecular formula is C22H24N2O3S. The molecule has 1 aliphatic carbocycles. The fraction of sp³-hybridized carbons (Fsp3) is 0.318. The van der Waals surface area contributed by atoms with Crippen molar-refractivity contribution in [2.45, 2.75) is 49.3 Å². The molecule has 0 atom stereocenters. The van der Waals surface area contributed by atoms with Crippen molar-refractivity contribution in [3.8, 4) is 11.3 Å². The van der Waals surface area contributed by atoms with E-state index in [1.165, 1.54) is 25.7 Å². The Kier molecular flexibility index (Phi) is 5.33. The maximum Gasteiger partial charge on any atom is 0.238 e. The van der Waals surface area contributed by atoms with E-state index in [9.17, 15) is 8.42 Å². The van der Waals surface area contributed by atoms with Crippen LogP contribution in [0.3, 0.4) is 0 Å². The van der Waals surface area contributed by atoms with Gasteiger partial charge in [0.15, 0.2) is 6.39 Å². The smallest absolute Gasteiger partial charge is 0.238 e. The molecule has 0 amide bonds. The molecule has 0 unspecified atom stereocenters. The quantitative estimate of drug-likeness (QED) is 0.681. The van der Waals surface area contributed by atoms with E-state index < -0.39 is 10.0 Å². The highest BCUT2D eigenvalue weighted by atomic mass is 32.2. The summed E-state index contributed by atoms with van der Waals surface area (Å²) in [6.45, 7) is 0. The van der Waals surface area contributed by atoms with E-state index in [1.54, 1.807) is 12.3 Å². The number of hydrogen-bond acceptors (Lipinski definition) is 4. The molecule has 0 bridgehead atoms. The van der Waals surface area contributed by atoms with Crippen LogP contribution in [0.15, 0.2) is 64.4 Å². The monoisotopic (exact) mass is 396 g/mol. The standard InChI is InChI=1S/C22H24N2O3S/c23-28(25,26)22-13-18(17-9-5-2-6-10-17)12-19(21-14-27-15-24-21)20(22)11-16-7-3-1-4-8-16/h1,3-4,7-8,12-15,17H,2,5-6,9-11H2,(H2,23,25,26). The van der Waals surface area contributed by atoms with Crippen LogP contribution >= 0.6 is 0 Å². The van der Waals surface area contributed by atoms with E-state index in [4.69, 9.17) is 9.56 Å². The molecule has 1 fully saturated rings. The molecule has 0 aliphatic heterocycles. The van der Waals surface area contributed by atoms with Gasteiger partial charge >= 0.3 is 0 Å². The summed E-state index contributed by atoms with van der Waals surface area (Å²) in [6, 6.07) is 13.7. The molecule has 0 radical (unpaired) electrons. The summed E-state index contributed by atoms with van der Waals surface area (Å²) in [4.78, 5) is 4.49. The van der Waals surface area contributed by atoms with E-state index >= 15 is 0 Å². The van der Waals surface area contributed by atoms with Gasteiger partial charge in [-0.15, -0.1) is 0 Å². The summed E-state index contributed by atoms with van der Waals surface area (Å²) in [5.41, 5.74) is 4.13. The Morgan fingerprint density at radius 2 is 1.82 bits per heavy atom. The number of primary sulfonamides is 1. The molecule has 6 heteroatoms. The minimum absolute atomic E-state index is 0.192. The number of hydrogen-bond donors (Lipinski definition) is 1. The van der Waals surface area contributed by atoms with Crippen LogP contribution in [0.1, 0.15) is 54.7 Å². The van der Waals surface area contributed by atoms with Crippen LogP contribution in [-0.2, 0) is 16.4 Å². The van der Waals surface area contributed by atoms with Gasteiger partial charge in [0.25, 0.3) is 0 Å². The lowest BCUT2D eigenvalue weighted by Gasteiger charge is -2.24. The summed E-state index contributed by atoms with van der Waals surface area (Å²) in [5, 5.41) is 5.66. The van der Waals surface area contributed by atoms with Gasteiger partial charge in [0.2, 0.25) is 10.0 Å². The Morgan fingerprint density at radius 1 is 1.07 bits per heavy atom. The number of sulfonamides is 1. The highest BCUT2D eigenvalue weighted by Gasteiger charge is 2.25. The fourth-order valence-corrected chi connectivity index (χ4v) is 4.97. The highest BCUT2D eigenvalue weighted by Crippen LogP contribution is 2.38. The van der Waals surface area contributed by atoms with Gasteiger partial charge in [-0.1, -0.05) is 49.6 Å². The SMILES string of the molecule is NS(=O)(=O)c1cc(C2CCCCC2)cc(-c2cocn2)c1Cc1ccccc1. The fourth-order valence-electron chi connectivity index (χ4n) is 4.15. The van der Waals surface area contributed by atoms with E-state index in [0.29, 0.717) is 23.6 Å². The molecule has 2 aromatic carbocycles. The van der Waals surface area contributed by atoms with Crippen molar-refractivity contribution in [3.05, 3.63) is 71.8 Å². The first kappa shape index (κ1) is 18.9. The van der Waals surface area contributed by atoms with Crippen LogP contribution in [0, 0.1) is 0 Å². The number of aromatic nitrogens is 1. The molecule has 1 aromatic heterocycles. The Hall–Kier alpha value is -2.44. The van der Waals surface area contributed by atoms with Crippen molar-refractivity contribution < 1.29 is 12.8 Å². The summed E-state index contributed by atoms with van der Waals surface area (Å²) in [7, 11) is -3.89. The van der Waals surface area contributed by atoms with Gasteiger partial charge in [-0.3, -0.25) is 0 Å². The highest BCUT2D eigenvalue weighted by molar-refractivity contribution is 7.89. The van der Waals surface area contributed by atoms with E-state index in [1.807, 2.05) is 30.3 Å². The third-order valence-electron chi connectivity index (χ3n) is 5.55. The summed E-state index contributed by atoms with van der Waals surface area (Å²) in [6.07, 6.45) is 9.09. The first-order valence-electron chi connectivity index (χ1n) is 9.64. The summed E-state index contributed by atoms with van der Waals surface area (Å²) in [5.74, 6) is 0.352. The maximum absolute atomic E-state index is 12.5. The number of rotatable bonds is 5. The molecule has 146 valence electrons. The molecule has 3 aromatic rings. The first-order valence-corrected chi connectivity index (χ1v) is 11.2. The van der Waals surface area contributed by atoms with Crippen LogP contribution in [0.4, 0.5) is 0 Å². The van der Waals surface area contributed by atoms with Crippen molar-refractivity contribution in [1.29, 1.82) is 0 Å². The second-order valence-electron chi connectivity index (χ2n) is 7.46. The van der Waals surface area contributed by atoms with Gasteiger partial charge in [-0.05, 0) is 54.0 Å². The third kappa shape index (κ3) is 4.03. The largest absolute Gasteiger partial charge is 0.451 e. The van der Waals surface area contributed by atoms with Crippen molar-refractivity contribution in [2.24, 2.45) is 5.14 Å². The second kappa shape index (κ2) is 7.89. The molecule has 1 saturated carbocycles. The van der Waals surface area contributed by atoms with E-state index in [-0.39, 0.29) is 4.90 Å². The Morgan fingerprint density at radius 3 is 2.46 bits per heavy atom. The molecule has 5 nitrogen and oxygen atoms in total. The average molecular weight is 397 g/mol. The minimum Gasteiger partial charge on any atom is -0.451 e. The Bertz CT molecular complexity index is 1040.